The van der Waals surface area contributed by atoms with Gasteiger partial charge in [-0.25, -0.2) is 4.39 Å². The Hall–Kier alpha value is -1.14. The lowest BCUT2D eigenvalue weighted by Crippen LogP contribution is -2.12. The Morgan fingerprint density at radius 1 is 1.57 bits per heavy atom. The van der Waals surface area contributed by atoms with Gasteiger partial charge in [-0.15, -0.1) is 0 Å². The molecule has 0 aliphatic heterocycles. The van der Waals surface area contributed by atoms with Gasteiger partial charge in [0.05, 0.1) is 21.2 Å². The first kappa shape index (κ1) is 14.8. The van der Waals surface area contributed by atoms with E-state index < -0.39 is 5.82 Å². The molecule has 1 saturated carbocycles. The fourth-order valence-corrected chi connectivity index (χ4v) is 3.71. The minimum Gasteiger partial charge on any atom is -0.463 e. The molecule has 0 radical (unpaired) electrons. The highest BCUT2D eigenvalue weighted by molar-refractivity contribution is 9.10. The fraction of sp³-hybridized carbons (Fsp3) is 0.429. The number of H-pyrrole nitrogens is 1. The zero-order valence-corrected chi connectivity index (χ0v) is 13.6. The van der Waals surface area contributed by atoms with Crippen LogP contribution in [0.1, 0.15) is 37.7 Å². The highest BCUT2D eigenvalue weighted by atomic mass is 79.9. The van der Waals surface area contributed by atoms with Crippen molar-refractivity contribution >= 4 is 44.4 Å². The van der Waals surface area contributed by atoms with Gasteiger partial charge in [0.15, 0.2) is 0 Å². The van der Waals surface area contributed by atoms with E-state index in [1.54, 1.807) is 6.20 Å². The van der Waals surface area contributed by atoms with E-state index in [1.807, 2.05) is 0 Å². The maximum absolute atomic E-state index is 14.6. The van der Waals surface area contributed by atoms with Gasteiger partial charge >= 0.3 is 5.97 Å². The van der Waals surface area contributed by atoms with Crippen LogP contribution in [0.15, 0.2) is 10.7 Å². The van der Waals surface area contributed by atoms with Crippen LogP contribution >= 0.6 is 27.5 Å². The number of ether oxygens (including phenoxy) is 1. The lowest BCUT2D eigenvalue weighted by atomic mass is 9.95. The highest BCUT2D eigenvalue weighted by Crippen LogP contribution is 2.44. The molecule has 1 aliphatic rings. The Bertz CT molecular complexity index is 719. The van der Waals surface area contributed by atoms with E-state index in [0.29, 0.717) is 22.0 Å². The maximum Gasteiger partial charge on any atom is 0.302 e. The van der Waals surface area contributed by atoms with E-state index in [1.165, 1.54) is 6.92 Å². The summed E-state index contributed by atoms with van der Waals surface area (Å²) in [5, 5.41) is 7.64. The van der Waals surface area contributed by atoms with Crippen LogP contribution in [0.3, 0.4) is 0 Å². The Labute approximate surface area is 134 Å². The predicted octanol–water partition coefficient (Wildman–Crippen LogP) is 4.32. The standard InChI is InChI=1S/C14H13BrClFN2O2/c1-6(20)21-8-3-2-7(4-8)10-13(17)12(16)11(15)9-5-18-19-14(9)10/h5,7-8H,2-4H2,1H3,(H,18,19). The third kappa shape index (κ3) is 2.55. The Morgan fingerprint density at radius 3 is 3.05 bits per heavy atom. The Balaban J connectivity index is 2.01. The molecule has 3 rings (SSSR count). The molecule has 7 heteroatoms. The minimum atomic E-state index is -0.436. The SMILES string of the molecule is CC(=O)OC1CCC(c2c(F)c(Cl)c(Br)c3cn[nH]c23)C1. The summed E-state index contributed by atoms with van der Waals surface area (Å²) in [5.74, 6) is -0.779. The van der Waals surface area contributed by atoms with Crippen LogP contribution in [0.4, 0.5) is 4.39 Å². The third-order valence-electron chi connectivity index (χ3n) is 3.89. The number of aromatic nitrogens is 2. The van der Waals surface area contributed by atoms with Crippen LogP contribution in [-0.4, -0.2) is 22.3 Å². The number of hydrogen-bond donors (Lipinski definition) is 1. The van der Waals surface area contributed by atoms with E-state index >= 15 is 0 Å². The van der Waals surface area contributed by atoms with Crippen LogP contribution in [0.5, 0.6) is 0 Å². The summed E-state index contributed by atoms with van der Waals surface area (Å²) in [6.45, 7) is 1.39. The van der Waals surface area contributed by atoms with E-state index in [0.717, 1.165) is 18.2 Å². The third-order valence-corrected chi connectivity index (χ3v) is 5.30. The molecule has 1 heterocycles. The number of nitrogens with zero attached hydrogens (tertiary/aromatic N) is 1. The molecular weight excluding hydrogens is 363 g/mol. The summed E-state index contributed by atoms with van der Waals surface area (Å²) in [5.41, 5.74) is 1.18. The molecule has 2 atom stereocenters. The number of rotatable bonds is 2. The minimum absolute atomic E-state index is 0.0390. The molecule has 1 fully saturated rings. The molecule has 2 unspecified atom stereocenters. The number of halogens is 3. The summed E-state index contributed by atoms with van der Waals surface area (Å²) < 4.78 is 20.3. The molecule has 112 valence electrons. The molecule has 1 aromatic heterocycles. The van der Waals surface area contributed by atoms with Gasteiger partial charge in [0.1, 0.15) is 11.9 Å². The number of hydrogen-bond acceptors (Lipinski definition) is 3. The number of aromatic amines is 1. The van der Waals surface area contributed by atoms with Crippen LogP contribution in [0, 0.1) is 5.82 Å². The van der Waals surface area contributed by atoms with Crippen molar-refractivity contribution < 1.29 is 13.9 Å². The number of fused-ring (bicyclic) bond motifs is 1. The molecule has 21 heavy (non-hydrogen) atoms. The van der Waals surface area contributed by atoms with Gasteiger partial charge in [-0.2, -0.15) is 5.10 Å². The number of carbonyl (C=O) groups is 1. The maximum atomic E-state index is 14.6. The summed E-state index contributed by atoms with van der Waals surface area (Å²) in [4.78, 5) is 11.0. The lowest BCUT2D eigenvalue weighted by Gasteiger charge is -2.15. The van der Waals surface area contributed by atoms with Crippen molar-refractivity contribution in [2.24, 2.45) is 0 Å². The number of nitrogens with one attached hydrogen (secondary N) is 1. The van der Waals surface area contributed by atoms with Crippen LogP contribution < -0.4 is 0 Å². The first-order valence-corrected chi connectivity index (χ1v) is 7.82. The second-order valence-electron chi connectivity index (χ2n) is 5.26. The van der Waals surface area contributed by atoms with E-state index in [9.17, 15) is 9.18 Å². The van der Waals surface area contributed by atoms with Gasteiger partial charge in [0, 0.05) is 17.9 Å². The van der Waals surface area contributed by atoms with Gasteiger partial charge in [-0.05, 0) is 41.1 Å². The van der Waals surface area contributed by atoms with E-state index in [-0.39, 0.29) is 23.0 Å². The molecule has 0 amide bonds. The number of carbonyl (C=O) groups excluding carboxylic acids is 1. The topological polar surface area (TPSA) is 55.0 Å². The fourth-order valence-electron chi connectivity index (χ4n) is 3.03. The molecule has 1 aliphatic carbocycles. The molecule has 0 spiro atoms. The van der Waals surface area contributed by atoms with Gasteiger partial charge < -0.3 is 4.74 Å². The van der Waals surface area contributed by atoms with Crippen molar-refractivity contribution in [3.8, 4) is 0 Å². The Kier molecular flexibility index (Phi) is 3.92. The molecule has 1 aromatic carbocycles. The summed E-state index contributed by atoms with van der Waals surface area (Å²) in [6, 6.07) is 0. The predicted molar refractivity (Wildman–Crippen MR) is 80.9 cm³/mol. The number of benzene rings is 1. The second-order valence-corrected chi connectivity index (χ2v) is 6.43. The van der Waals surface area contributed by atoms with Crippen molar-refractivity contribution in [1.29, 1.82) is 0 Å². The zero-order valence-electron chi connectivity index (χ0n) is 11.3. The Morgan fingerprint density at radius 2 is 2.33 bits per heavy atom. The average molecular weight is 376 g/mol. The first-order chi connectivity index (χ1) is 9.99. The van der Waals surface area contributed by atoms with Gasteiger partial charge in [0.2, 0.25) is 0 Å². The van der Waals surface area contributed by atoms with Gasteiger partial charge in [0.25, 0.3) is 0 Å². The van der Waals surface area contributed by atoms with Crippen molar-refractivity contribution in [1.82, 2.24) is 10.2 Å². The molecule has 0 saturated heterocycles. The van der Waals surface area contributed by atoms with Crippen LogP contribution in [0.2, 0.25) is 5.02 Å². The van der Waals surface area contributed by atoms with Crippen molar-refractivity contribution in [3.05, 3.63) is 27.1 Å². The van der Waals surface area contributed by atoms with E-state index in [2.05, 4.69) is 26.1 Å². The molecule has 2 aromatic rings. The smallest absolute Gasteiger partial charge is 0.302 e. The quantitative estimate of drug-likeness (QED) is 0.628. The lowest BCUT2D eigenvalue weighted by molar-refractivity contribution is -0.145. The van der Waals surface area contributed by atoms with Crippen molar-refractivity contribution in [3.63, 3.8) is 0 Å². The van der Waals surface area contributed by atoms with Gasteiger partial charge in [-0.3, -0.25) is 9.89 Å². The van der Waals surface area contributed by atoms with Crippen molar-refractivity contribution in [2.75, 3.05) is 0 Å². The molecule has 4 nitrogen and oxygen atoms in total. The molecule has 1 N–H and O–H groups in total. The monoisotopic (exact) mass is 374 g/mol. The summed E-state index contributed by atoms with van der Waals surface area (Å²) in [7, 11) is 0. The molecular formula is C14H13BrClFN2O2. The molecule has 0 bridgehead atoms. The van der Waals surface area contributed by atoms with Crippen molar-refractivity contribution in [2.45, 2.75) is 38.2 Å². The second kappa shape index (κ2) is 5.57. The normalized spacial score (nSPS) is 21.9. The van der Waals surface area contributed by atoms with Crippen LogP contribution in [-0.2, 0) is 9.53 Å². The average Bonchev–Trinajstić information content (AvgIpc) is 3.06. The largest absolute Gasteiger partial charge is 0.463 e. The van der Waals surface area contributed by atoms with Gasteiger partial charge in [-0.1, -0.05) is 11.6 Å². The zero-order chi connectivity index (χ0) is 15.1. The van der Waals surface area contributed by atoms with Crippen LogP contribution in [0.25, 0.3) is 10.9 Å². The number of esters is 1. The highest BCUT2D eigenvalue weighted by Gasteiger charge is 2.33. The van der Waals surface area contributed by atoms with E-state index in [4.69, 9.17) is 16.3 Å². The first-order valence-electron chi connectivity index (χ1n) is 6.65. The summed E-state index contributed by atoms with van der Waals surface area (Å²) in [6.07, 6.45) is 3.54. The summed E-state index contributed by atoms with van der Waals surface area (Å²) >= 11 is 9.37.